The number of para-hydroxylation sites is 1. The molecule has 0 aliphatic carbocycles. The second kappa shape index (κ2) is 10.5. The Bertz CT molecular complexity index is 1450. The van der Waals surface area contributed by atoms with Gasteiger partial charge in [-0.15, -0.1) is 0 Å². The third-order valence-electron chi connectivity index (χ3n) is 5.04. The fourth-order valence-corrected chi connectivity index (χ4v) is 3.45. The molecule has 4 rings (SSSR count). The molecule has 8 nitrogen and oxygen atoms in total. The number of aromatic hydroxyl groups is 1. The van der Waals surface area contributed by atoms with Gasteiger partial charge in [0.05, 0.1) is 17.5 Å². The lowest BCUT2D eigenvalue weighted by atomic mass is 10.0. The molecule has 4 N–H and O–H groups in total. The summed E-state index contributed by atoms with van der Waals surface area (Å²) in [5.74, 6) is -2.57. The lowest BCUT2D eigenvalue weighted by molar-refractivity contribution is -0.136. The maximum atomic E-state index is 12.7. The summed E-state index contributed by atoms with van der Waals surface area (Å²) in [5.41, 5.74) is 3.35. The monoisotopic (exact) mass is 486 g/mol. The van der Waals surface area contributed by atoms with Gasteiger partial charge < -0.3 is 15.7 Å². The first kappa shape index (κ1) is 23.5. The molecule has 0 saturated carbocycles. The van der Waals surface area contributed by atoms with Crippen LogP contribution in [0, 0.1) is 0 Å². The van der Waals surface area contributed by atoms with E-state index in [1.165, 1.54) is 24.4 Å². The molecular weight excluding hydrogens is 468 g/mol. The molecular formula is C26H19ClN4O4. The average molecular weight is 487 g/mol. The van der Waals surface area contributed by atoms with Crippen LogP contribution < -0.4 is 16.1 Å². The normalized spacial score (nSPS) is 10.8. The molecule has 0 aliphatic rings. The number of hydrogen-bond donors (Lipinski definition) is 4. The molecule has 35 heavy (non-hydrogen) atoms. The number of nitrogens with zero attached hydrogens (tertiary/aromatic N) is 1. The fraction of sp³-hybridized carbons (Fsp3) is 0. The van der Waals surface area contributed by atoms with E-state index >= 15 is 0 Å². The topological polar surface area (TPSA) is 120 Å². The number of carbonyl (C=O) groups excluding carboxylic acids is 3. The van der Waals surface area contributed by atoms with Crippen LogP contribution in [0.3, 0.4) is 0 Å². The highest BCUT2D eigenvalue weighted by atomic mass is 35.5. The largest absolute Gasteiger partial charge is 0.507 e. The SMILES string of the molecule is O=C(NN=Cc1c(O)ccc2ccccc12)C(=O)Nc1ccccc1C(=O)Nc1ccc(Cl)cc1. The number of fused-ring (bicyclic) bond motifs is 1. The smallest absolute Gasteiger partial charge is 0.329 e. The van der Waals surface area contributed by atoms with Crippen molar-refractivity contribution in [2.75, 3.05) is 10.6 Å². The van der Waals surface area contributed by atoms with Crippen LogP contribution in [0.1, 0.15) is 15.9 Å². The van der Waals surface area contributed by atoms with Crippen LogP contribution in [0.15, 0.2) is 90.0 Å². The van der Waals surface area contributed by atoms with E-state index in [9.17, 15) is 19.5 Å². The molecule has 3 amide bonds. The van der Waals surface area contributed by atoms with Crippen LogP contribution in [0.25, 0.3) is 10.8 Å². The maximum Gasteiger partial charge on any atom is 0.329 e. The van der Waals surface area contributed by atoms with Gasteiger partial charge in [-0.05, 0) is 53.2 Å². The number of phenols is 1. The Balaban J connectivity index is 1.43. The first-order valence-electron chi connectivity index (χ1n) is 10.4. The zero-order chi connectivity index (χ0) is 24.8. The number of carbonyl (C=O) groups is 3. The molecule has 4 aromatic carbocycles. The van der Waals surface area contributed by atoms with E-state index in [4.69, 9.17) is 11.6 Å². The van der Waals surface area contributed by atoms with E-state index in [0.717, 1.165) is 10.8 Å². The second-order valence-electron chi connectivity index (χ2n) is 7.38. The quantitative estimate of drug-likeness (QED) is 0.188. The third-order valence-corrected chi connectivity index (χ3v) is 5.29. The van der Waals surface area contributed by atoms with Crippen LogP contribution in [0.2, 0.25) is 5.02 Å². The number of amides is 3. The molecule has 0 bridgehead atoms. The number of hydrogen-bond acceptors (Lipinski definition) is 5. The molecule has 0 aromatic heterocycles. The van der Waals surface area contributed by atoms with Crippen molar-refractivity contribution in [3.05, 3.63) is 101 Å². The van der Waals surface area contributed by atoms with Gasteiger partial charge in [-0.3, -0.25) is 14.4 Å². The average Bonchev–Trinajstić information content (AvgIpc) is 2.87. The molecule has 0 heterocycles. The first-order chi connectivity index (χ1) is 16.9. The van der Waals surface area contributed by atoms with Gasteiger partial charge in [0.15, 0.2) is 0 Å². The third kappa shape index (κ3) is 5.63. The number of anilines is 2. The summed E-state index contributed by atoms with van der Waals surface area (Å²) in [6.07, 6.45) is 1.26. The lowest BCUT2D eigenvalue weighted by Gasteiger charge is -2.11. The minimum atomic E-state index is -1.05. The van der Waals surface area contributed by atoms with Gasteiger partial charge >= 0.3 is 11.8 Å². The Kier molecular flexibility index (Phi) is 7.04. The molecule has 0 saturated heterocycles. The molecule has 174 valence electrons. The van der Waals surface area contributed by atoms with Crippen LogP contribution in [0.4, 0.5) is 11.4 Å². The van der Waals surface area contributed by atoms with E-state index in [1.807, 2.05) is 18.2 Å². The summed E-state index contributed by atoms with van der Waals surface area (Å²) < 4.78 is 0. The second-order valence-corrected chi connectivity index (χ2v) is 7.82. The summed E-state index contributed by atoms with van der Waals surface area (Å²) >= 11 is 5.86. The fourth-order valence-electron chi connectivity index (χ4n) is 3.33. The minimum absolute atomic E-state index is 0.0215. The van der Waals surface area contributed by atoms with Gasteiger partial charge in [0.2, 0.25) is 0 Å². The number of benzene rings is 4. The summed E-state index contributed by atoms with van der Waals surface area (Å²) in [7, 11) is 0. The van der Waals surface area contributed by atoms with Crippen molar-refractivity contribution < 1.29 is 19.5 Å². The highest BCUT2D eigenvalue weighted by molar-refractivity contribution is 6.40. The summed E-state index contributed by atoms with van der Waals surface area (Å²) in [6, 6.07) is 23.4. The van der Waals surface area contributed by atoms with Crippen molar-refractivity contribution >= 4 is 57.7 Å². The minimum Gasteiger partial charge on any atom is -0.507 e. The first-order valence-corrected chi connectivity index (χ1v) is 10.8. The predicted octanol–water partition coefficient (Wildman–Crippen LogP) is 4.54. The zero-order valence-corrected chi connectivity index (χ0v) is 18.9. The Morgan fingerprint density at radius 1 is 0.800 bits per heavy atom. The molecule has 4 aromatic rings. The summed E-state index contributed by atoms with van der Waals surface area (Å²) in [5, 5.41) is 21.2. The highest BCUT2D eigenvalue weighted by Gasteiger charge is 2.18. The summed E-state index contributed by atoms with van der Waals surface area (Å²) in [6.45, 7) is 0. The van der Waals surface area contributed by atoms with Crippen LogP contribution in [0.5, 0.6) is 5.75 Å². The Morgan fingerprint density at radius 2 is 1.51 bits per heavy atom. The van der Waals surface area contributed by atoms with Gasteiger partial charge in [0.25, 0.3) is 5.91 Å². The van der Waals surface area contributed by atoms with Gasteiger partial charge in [0.1, 0.15) is 5.75 Å². The summed E-state index contributed by atoms with van der Waals surface area (Å²) in [4.78, 5) is 37.4. The number of hydrazone groups is 1. The number of rotatable bonds is 5. The molecule has 0 fully saturated rings. The van der Waals surface area contributed by atoms with Crippen molar-refractivity contribution in [1.29, 1.82) is 0 Å². The van der Waals surface area contributed by atoms with Crippen LogP contribution in [-0.2, 0) is 9.59 Å². The Hall–Kier alpha value is -4.69. The maximum absolute atomic E-state index is 12.7. The number of nitrogens with one attached hydrogen (secondary N) is 3. The van der Waals surface area contributed by atoms with E-state index in [0.29, 0.717) is 16.3 Å². The lowest BCUT2D eigenvalue weighted by Crippen LogP contribution is -2.33. The van der Waals surface area contributed by atoms with E-state index in [2.05, 4.69) is 21.2 Å². The molecule has 0 atom stereocenters. The highest BCUT2D eigenvalue weighted by Crippen LogP contribution is 2.25. The van der Waals surface area contributed by atoms with E-state index in [-0.39, 0.29) is 17.0 Å². The molecule has 9 heteroatoms. The number of halogens is 1. The van der Waals surface area contributed by atoms with Gasteiger partial charge in [-0.1, -0.05) is 54.1 Å². The van der Waals surface area contributed by atoms with Crippen LogP contribution in [-0.4, -0.2) is 29.0 Å². The molecule has 0 radical (unpaired) electrons. The van der Waals surface area contributed by atoms with E-state index < -0.39 is 17.7 Å². The van der Waals surface area contributed by atoms with Crippen LogP contribution >= 0.6 is 11.6 Å². The van der Waals surface area contributed by atoms with Crippen molar-refractivity contribution in [2.24, 2.45) is 5.10 Å². The standard InChI is InChI=1S/C26H19ClN4O4/c27-17-10-12-18(13-11-17)29-24(33)20-7-3-4-8-22(20)30-25(34)26(35)31-28-15-21-19-6-2-1-5-16(19)9-14-23(21)32/h1-15,32H,(H,29,33)(H,30,34)(H,31,35). The van der Waals surface area contributed by atoms with Crippen molar-refractivity contribution in [2.45, 2.75) is 0 Å². The Labute approximate surface area is 205 Å². The molecule has 0 spiro atoms. The predicted molar refractivity (Wildman–Crippen MR) is 136 cm³/mol. The van der Waals surface area contributed by atoms with E-state index in [1.54, 1.807) is 48.5 Å². The van der Waals surface area contributed by atoms with Crippen molar-refractivity contribution in [3.63, 3.8) is 0 Å². The Morgan fingerprint density at radius 3 is 2.31 bits per heavy atom. The zero-order valence-electron chi connectivity index (χ0n) is 18.2. The molecule has 0 unspecified atom stereocenters. The van der Waals surface area contributed by atoms with Crippen molar-refractivity contribution in [1.82, 2.24) is 5.43 Å². The van der Waals surface area contributed by atoms with Gasteiger partial charge in [-0.25, -0.2) is 5.43 Å². The molecule has 0 aliphatic heterocycles. The van der Waals surface area contributed by atoms with Gasteiger partial charge in [-0.2, -0.15) is 5.10 Å². The van der Waals surface area contributed by atoms with Gasteiger partial charge in [0, 0.05) is 16.3 Å². The number of phenolic OH excluding ortho intramolecular Hbond substituents is 1. The van der Waals surface area contributed by atoms with Crippen molar-refractivity contribution in [3.8, 4) is 5.75 Å².